The highest BCUT2D eigenvalue weighted by Crippen LogP contribution is 2.32. The Morgan fingerprint density at radius 3 is 2.01 bits per heavy atom. The van der Waals surface area contributed by atoms with Crippen LogP contribution in [0.15, 0.2) is 24.3 Å². The van der Waals surface area contributed by atoms with Crippen molar-refractivity contribution in [1.82, 2.24) is 49.9 Å². The summed E-state index contributed by atoms with van der Waals surface area (Å²) in [6, 6.07) is 2.34. The maximum absolute atomic E-state index is 14.5. The smallest absolute Gasteiger partial charge is 0.410 e. The number of likely N-dealkylation sites (N-methyl/N-ethyl adjacent to an activating group) is 2. The van der Waals surface area contributed by atoms with Crippen LogP contribution >= 0.6 is 23.5 Å². The summed E-state index contributed by atoms with van der Waals surface area (Å²) in [6.45, 7) is 15.6. The minimum absolute atomic E-state index is 0. The van der Waals surface area contributed by atoms with Gasteiger partial charge in [0.15, 0.2) is 5.78 Å². The van der Waals surface area contributed by atoms with Gasteiger partial charge in [-0.05, 0) is 106 Å². The Morgan fingerprint density at radius 1 is 0.821 bits per heavy atom. The Kier molecular flexibility index (Phi) is 28.4. The molecule has 22 nitrogen and oxygen atoms in total. The Hall–Kier alpha value is -4.82. The van der Waals surface area contributed by atoms with Crippen LogP contribution < -0.4 is 20.1 Å². The van der Waals surface area contributed by atoms with E-state index in [1.165, 1.54) is 14.2 Å². The number of hydrogen-bond donors (Lipinski definition) is 3. The number of ether oxygens (including phenoxy) is 3. The van der Waals surface area contributed by atoms with Crippen LogP contribution in [0.3, 0.4) is 0 Å². The number of aromatic nitrogens is 3. The second kappa shape index (κ2) is 33.3. The molecule has 0 radical (unpaired) electrons. The van der Waals surface area contributed by atoms with E-state index >= 15 is 0 Å². The number of thioether (sulfide) groups is 2. The van der Waals surface area contributed by atoms with Crippen LogP contribution in [0.25, 0.3) is 0 Å². The van der Waals surface area contributed by atoms with Crippen LogP contribution in [-0.2, 0) is 67.9 Å². The quantitative estimate of drug-likeness (QED) is 0.0715. The standard InChI is InChI=1S/C58H94N10O12S3.CH4/c1-15-37(6)52(65(10)56(73)43(35(2)3)30-48(69)51(36(4)5)64(8)9)49(78-11)31-50(70)67-26-16-17-46(67)53(79-12)38(7)54(71)60-57(74)59-44(55(72)62-83(76,77)42-22-23-42)29-39-18-20-41(21-19-39)80-58(75)66-27-24-40(25-28-66)32-68-47(34-82-14)45(33-81-13)61-63-68;/h18-21,35-38,40,42-44,46,49,51-53H,15-17,22-34H2,1-14H3,(H,62,72)(H2,59,60,71,74);1H4/t37-,38+,43-,44-,46-,49+,51-,52-,53+;/m0./s1. The number of carbonyl (C=O) groups excluding carboxylic acids is 7. The number of sulfonamides is 1. The predicted octanol–water partition coefficient (Wildman–Crippen LogP) is 6.63. The average molecular weight is 1240 g/mol. The molecule has 2 aromatic rings. The van der Waals surface area contributed by atoms with Crippen LogP contribution in [0.5, 0.6) is 5.75 Å². The number of Topliss-reactive ketones (excluding diaryl/α,β-unsaturated/α-hetero) is 1. The Labute approximate surface area is 508 Å². The van der Waals surface area contributed by atoms with Crippen molar-refractivity contribution in [3.05, 3.63) is 41.2 Å². The van der Waals surface area contributed by atoms with E-state index in [0.29, 0.717) is 63.2 Å². The van der Waals surface area contributed by atoms with Crippen molar-refractivity contribution in [3.8, 4) is 5.75 Å². The highest BCUT2D eigenvalue weighted by atomic mass is 32.2. The van der Waals surface area contributed by atoms with Gasteiger partial charge in [-0.25, -0.2) is 22.7 Å². The van der Waals surface area contributed by atoms with E-state index in [1.54, 1.807) is 76.5 Å². The zero-order valence-electron chi connectivity index (χ0n) is 51.4. The lowest BCUT2D eigenvalue weighted by atomic mass is 9.83. The molecule has 2 aliphatic heterocycles. The number of amides is 7. The van der Waals surface area contributed by atoms with Crippen molar-refractivity contribution in [1.29, 1.82) is 0 Å². The summed E-state index contributed by atoms with van der Waals surface area (Å²) in [6.07, 6.45) is 5.90. The minimum Gasteiger partial charge on any atom is -0.410 e. The van der Waals surface area contributed by atoms with Crippen LogP contribution in [0.2, 0.25) is 0 Å². The molecule has 84 heavy (non-hydrogen) atoms. The third-order valence-corrected chi connectivity index (χ3v) is 19.7. The van der Waals surface area contributed by atoms with E-state index in [2.05, 4.69) is 31.9 Å². The summed E-state index contributed by atoms with van der Waals surface area (Å²) in [5.41, 5.74) is 2.63. The molecule has 3 aliphatic rings. The normalized spacial score (nSPS) is 18.7. The molecular weight excluding hydrogens is 1140 g/mol. The highest BCUT2D eigenvalue weighted by molar-refractivity contribution is 7.98. The molecule has 3 heterocycles. The van der Waals surface area contributed by atoms with Gasteiger partial charge >= 0.3 is 12.1 Å². The number of benzene rings is 1. The number of imide groups is 1. The van der Waals surface area contributed by atoms with Gasteiger partial charge in [0.1, 0.15) is 11.8 Å². The van der Waals surface area contributed by atoms with Crippen LogP contribution in [0.4, 0.5) is 9.59 Å². The van der Waals surface area contributed by atoms with Crippen molar-refractivity contribution in [2.45, 2.75) is 180 Å². The number of carbonyl (C=O) groups is 7. The molecule has 3 fully saturated rings. The highest BCUT2D eigenvalue weighted by Gasteiger charge is 2.44. The largest absolute Gasteiger partial charge is 0.415 e. The summed E-state index contributed by atoms with van der Waals surface area (Å²) in [4.78, 5) is 104. The second-order valence-corrected chi connectivity index (χ2v) is 27.4. The first-order valence-electron chi connectivity index (χ1n) is 29.2. The molecule has 7 amide bonds. The van der Waals surface area contributed by atoms with Gasteiger partial charge in [-0.1, -0.05) is 79.7 Å². The molecular formula is C59H98N10O12S3. The fraction of sp³-hybridized carbons (Fsp3) is 0.746. The number of hydrogen-bond acceptors (Lipinski definition) is 17. The average Bonchev–Trinajstić information content (AvgIpc) is 4.03. The molecule has 474 valence electrons. The third-order valence-electron chi connectivity index (χ3n) is 16.7. The van der Waals surface area contributed by atoms with Crippen molar-refractivity contribution < 1.29 is 56.2 Å². The van der Waals surface area contributed by atoms with Crippen LogP contribution in [0.1, 0.15) is 131 Å². The number of urea groups is 1. The summed E-state index contributed by atoms with van der Waals surface area (Å²) in [5, 5.41) is 12.9. The third kappa shape index (κ3) is 19.3. The molecule has 1 saturated carbocycles. The van der Waals surface area contributed by atoms with E-state index < -0.39 is 81.4 Å². The predicted molar refractivity (Wildman–Crippen MR) is 329 cm³/mol. The van der Waals surface area contributed by atoms with Gasteiger partial charge in [-0.3, -0.25) is 38.9 Å². The maximum atomic E-state index is 14.5. The minimum atomic E-state index is -4.03. The van der Waals surface area contributed by atoms with Gasteiger partial charge in [0.2, 0.25) is 27.7 Å². The van der Waals surface area contributed by atoms with E-state index in [0.717, 1.165) is 42.3 Å². The number of methoxy groups -OCH3 is 2. The number of nitrogens with one attached hydrogen (secondary N) is 3. The van der Waals surface area contributed by atoms with Crippen LogP contribution in [-0.4, -0.2) is 194 Å². The fourth-order valence-corrected chi connectivity index (χ4v) is 14.2. The van der Waals surface area contributed by atoms with Gasteiger partial charge in [0, 0.05) is 77.7 Å². The summed E-state index contributed by atoms with van der Waals surface area (Å²) < 4.78 is 47.7. The van der Waals surface area contributed by atoms with Crippen LogP contribution in [0, 0.1) is 35.5 Å². The zero-order valence-corrected chi connectivity index (χ0v) is 53.8. The van der Waals surface area contributed by atoms with E-state index in [4.69, 9.17) is 14.2 Å². The summed E-state index contributed by atoms with van der Waals surface area (Å²) in [5.74, 6) is -1.79. The van der Waals surface area contributed by atoms with Gasteiger partial charge < -0.3 is 34.2 Å². The van der Waals surface area contributed by atoms with Gasteiger partial charge in [-0.2, -0.15) is 23.5 Å². The summed E-state index contributed by atoms with van der Waals surface area (Å²) >= 11 is 3.44. The van der Waals surface area contributed by atoms with Crippen molar-refractivity contribution >= 4 is 75.1 Å². The number of rotatable bonds is 31. The fourth-order valence-electron chi connectivity index (χ4n) is 11.8. The molecule has 5 rings (SSSR count). The van der Waals surface area contributed by atoms with Gasteiger partial charge in [-0.15, -0.1) is 5.10 Å². The van der Waals surface area contributed by atoms with E-state index in [9.17, 15) is 42.0 Å². The zero-order chi connectivity index (χ0) is 61.5. The molecule has 0 bridgehead atoms. The lowest BCUT2D eigenvalue weighted by molar-refractivity contribution is -0.149. The number of piperidine rings is 1. The number of likely N-dealkylation sites (tertiary alicyclic amines) is 2. The lowest BCUT2D eigenvalue weighted by Crippen LogP contribution is -2.56. The second-order valence-electron chi connectivity index (χ2n) is 23.7. The molecule has 9 atom stereocenters. The molecule has 0 unspecified atom stereocenters. The maximum Gasteiger partial charge on any atom is 0.415 e. The van der Waals surface area contributed by atoms with E-state index in [-0.39, 0.29) is 73.8 Å². The van der Waals surface area contributed by atoms with Crippen molar-refractivity contribution in [2.75, 3.05) is 67.5 Å². The summed E-state index contributed by atoms with van der Waals surface area (Å²) in [7, 11) is 4.36. The monoisotopic (exact) mass is 1230 g/mol. The van der Waals surface area contributed by atoms with Crippen molar-refractivity contribution in [3.63, 3.8) is 0 Å². The number of ketones is 1. The SMILES string of the molecule is C.CC[C@H](C)[C@@H]([C@@H](CC(=O)N1CCC[C@H]1[C@H](OC)[C@@H](C)C(=O)NC(=O)N[C@@H](Cc1ccc(OC(=O)N2CCC(Cn3nnc(CSC)c3CSC)CC2)cc1)C(=O)NS(=O)(=O)C1CC1)OC)N(C)C(=O)[C@@H](CC(=O)[C@H](C(C)C)N(C)C)C(C)C. The molecule has 1 aliphatic carbocycles. The Morgan fingerprint density at radius 2 is 1.46 bits per heavy atom. The van der Waals surface area contributed by atoms with Crippen molar-refractivity contribution in [2.24, 2.45) is 35.5 Å². The number of nitrogens with zero attached hydrogens (tertiary/aromatic N) is 7. The molecule has 25 heteroatoms. The molecule has 1 aromatic heterocycles. The Bertz CT molecular complexity index is 2600. The van der Waals surface area contributed by atoms with Gasteiger partial charge in [0.25, 0.3) is 5.91 Å². The molecule has 3 N–H and O–H groups in total. The Balaban J connectivity index is 0.0000151. The lowest BCUT2D eigenvalue weighted by Gasteiger charge is -2.41. The molecule has 1 aromatic carbocycles. The first kappa shape index (κ1) is 71.7. The van der Waals surface area contributed by atoms with Gasteiger partial charge in [0.05, 0.1) is 59.3 Å². The molecule has 0 spiro atoms. The first-order chi connectivity index (χ1) is 39.3. The first-order valence-corrected chi connectivity index (χ1v) is 33.6. The topological polar surface area (TPSA) is 261 Å². The van der Waals surface area contributed by atoms with E-state index in [1.807, 2.05) is 71.5 Å². The molecule has 2 saturated heterocycles.